The van der Waals surface area contributed by atoms with Crippen molar-refractivity contribution in [3.63, 3.8) is 0 Å². The molecular weight excluding hydrogens is 497 g/mol. The van der Waals surface area contributed by atoms with Gasteiger partial charge in [0.1, 0.15) is 5.57 Å². The van der Waals surface area contributed by atoms with Gasteiger partial charge in [0, 0.05) is 29.2 Å². The molecule has 6 nitrogen and oxygen atoms in total. The first kappa shape index (κ1) is 23.9. The predicted molar refractivity (Wildman–Crippen MR) is 142 cm³/mol. The van der Waals surface area contributed by atoms with Gasteiger partial charge in [0.2, 0.25) is 0 Å². The van der Waals surface area contributed by atoms with Crippen LogP contribution in [0.25, 0.3) is 17.0 Å². The zero-order chi connectivity index (χ0) is 25.4. The molecule has 4 amide bonds. The van der Waals surface area contributed by atoms with Gasteiger partial charge in [0.15, 0.2) is 0 Å². The molecule has 36 heavy (non-hydrogen) atoms. The summed E-state index contributed by atoms with van der Waals surface area (Å²) in [4.78, 5) is 39.6. The number of carbonyl (C=O) groups is 3. The second-order valence-electron chi connectivity index (χ2n) is 8.46. The summed E-state index contributed by atoms with van der Waals surface area (Å²) in [5, 5.41) is 4.10. The van der Waals surface area contributed by atoms with Crippen molar-refractivity contribution in [1.29, 1.82) is 0 Å². The lowest BCUT2D eigenvalue weighted by atomic mass is 10.1. The molecular formula is C28H21Cl2N3O3. The Morgan fingerprint density at radius 3 is 2.33 bits per heavy atom. The summed E-state index contributed by atoms with van der Waals surface area (Å²) in [7, 11) is 0. The predicted octanol–water partition coefficient (Wildman–Crippen LogP) is 6.23. The van der Waals surface area contributed by atoms with Crippen molar-refractivity contribution in [1.82, 2.24) is 9.88 Å². The summed E-state index contributed by atoms with van der Waals surface area (Å²) in [5.41, 5.74) is 3.90. The van der Waals surface area contributed by atoms with Crippen LogP contribution < -0.4 is 10.2 Å². The molecule has 180 valence electrons. The van der Waals surface area contributed by atoms with Crippen molar-refractivity contribution in [2.24, 2.45) is 0 Å². The maximum atomic E-state index is 13.4. The number of carbonyl (C=O) groups excluding carboxylic acids is 3. The number of para-hydroxylation sites is 1. The topological polar surface area (TPSA) is 71.4 Å². The quantitative estimate of drug-likeness (QED) is 0.252. The van der Waals surface area contributed by atoms with E-state index in [2.05, 4.69) is 5.32 Å². The number of halogens is 2. The Bertz CT molecular complexity index is 1550. The van der Waals surface area contributed by atoms with Crippen LogP contribution in [0, 0.1) is 0 Å². The van der Waals surface area contributed by atoms with Crippen LogP contribution in [0.2, 0.25) is 10.0 Å². The van der Waals surface area contributed by atoms with Gasteiger partial charge in [-0.25, -0.2) is 9.69 Å². The largest absolute Gasteiger partial charge is 0.342 e. The van der Waals surface area contributed by atoms with Crippen LogP contribution in [0.4, 0.5) is 10.5 Å². The van der Waals surface area contributed by atoms with Crippen LogP contribution in [-0.4, -0.2) is 22.4 Å². The lowest BCUT2D eigenvalue weighted by Crippen LogP contribution is -2.54. The Labute approximate surface area is 217 Å². The number of anilines is 1. The molecule has 3 aromatic carbocycles. The zero-order valence-electron chi connectivity index (χ0n) is 19.3. The molecule has 0 spiro atoms. The van der Waals surface area contributed by atoms with E-state index in [9.17, 15) is 14.4 Å². The van der Waals surface area contributed by atoms with E-state index in [1.54, 1.807) is 18.2 Å². The van der Waals surface area contributed by atoms with E-state index in [0.29, 0.717) is 27.8 Å². The Morgan fingerprint density at radius 2 is 1.61 bits per heavy atom. The summed E-state index contributed by atoms with van der Waals surface area (Å²) < 4.78 is 2.01. The fourth-order valence-corrected chi connectivity index (χ4v) is 4.60. The van der Waals surface area contributed by atoms with E-state index in [1.807, 2.05) is 66.2 Å². The highest BCUT2D eigenvalue weighted by Gasteiger charge is 2.37. The van der Waals surface area contributed by atoms with Crippen LogP contribution in [-0.2, 0) is 22.6 Å². The SMILES string of the molecule is CCc1ccc(N2C(=O)NC(=O)/C(=C\c3cn(Cc4ccc(Cl)c(Cl)c4)c4ccccc34)C2=O)cc1. The number of nitrogens with one attached hydrogen (secondary N) is 1. The molecule has 0 aliphatic carbocycles. The Morgan fingerprint density at radius 1 is 0.889 bits per heavy atom. The van der Waals surface area contributed by atoms with Crippen LogP contribution in [0.15, 0.2) is 78.5 Å². The second kappa shape index (κ2) is 9.64. The van der Waals surface area contributed by atoms with Gasteiger partial charge in [-0.3, -0.25) is 14.9 Å². The third-order valence-electron chi connectivity index (χ3n) is 6.16. The third kappa shape index (κ3) is 4.41. The lowest BCUT2D eigenvalue weighted by Gasteiger charge is -2.26. The smallest absolute Gasteiger partial charge is 0.335 e. The van der Waals surface area contributed by atoms with E-state index in [4.69, 9.17) is 23.2 Å². The van der Waals surface area contributed by atoms with Gasteiger partial charge in [-0.1, -0.05) is 66.5 Å². The molecule has 8 heteroatoms. The van der Waals surface area contributed by atoms with Crippen LogP contribution in [0.1, 0.15) is 23.6 Å². The monoisotopic (exact) mass is 517 g/mol. The minimum absolute atomic E-state index is 0.119. The van der Waals surface area contributed by atoms with Crippen molar-refractivity contribution in [3.05, 3.63) is 105 Å². The highest BCUT2D eigenvalue weighted by atomic mass is 35.5. The first-order chi connectivity index (χ1) is 17.4. The average Bonchev–Trinajstić information content (AvgIpc) is 3.21. The average molecular weight is 518 g/mol. The number of hydrogen-bond donors (Lipinski definition) is 1. The molecule has 0 atom stereocenters. The molecule has 4 aromatic rings. The maximum absolute atomic E-state index is 13.4. The van der Waals surface area contributed by atoms with Crippen LogP contribution >= 0.6 is 23.2 Å². The third-order valence-corrected chi connectivity index (χ3v) is 6.90. The van der Waals surface area contributed by atoms with E-state index < -0.39 is 17.8 Å². The van der Waals surface area contributed by atoms with E-state index in [-0.39, 0.29) is 5.57 Å². The van der Waals surface area contributed by atoms with Gasteiger partial charge in [-0.05, 0) is 54.0 Å². The van der Waals surface area contributed by atoms with Gasteiger partial charge in [0.25, 0.3) is 11.8 Å². The lowest BCUT2D eigenvalue weighted by molar-refractivity contribution is -0.122. The van der Waals surface area contributed by atoms with Crippen LogP contribution in [0.5, 0.6) is 0 Å². The fraction of sp³-hybridized carbons (Fsp3) is 0.107. The van der Waals surface area contributed by atoms with Gasteiger partial charge in [-0.2, -0.15) is 0 Å². The van der Waals surface area contributed by atoms with Crippen LogP contribution in [0.3, 0.4) is 0 Å². The fourth-order valence-electron chi connectivity index (χ4n) is 4.28. The molecule has 0 unspecified atom stereocenters. The second-order valence-corrected chi connectivity index (χ2v) is 9.27. The number of fused-ring (bicyclic) bond motifs is 1. The van der Waals surface area contributed by atoms with E-state index in [0.717, 1.165) is 33.4 Å². The van der Waals surface area contributed by atoms with Crippen molar-refractivity contribution in [3.8, 4) is 0 Å². The van der Waals surface area contributed by atoms with Crippen molar-refractivity contribution in [2.45, 2.75) is 19.9 Å². The highest BCUT2D eigenvalue weighted by Crippen LogP contribution is 2.29. The van der Waals surface area contributed by atoms with Gasteiger partial charge in [0.05, 0.1) is 15.7 Å². The summed E-state index contributed by atoms with van der Waals surface area (Å²) in [6, 6.07) is 19.5. The number of benzene rings is 3. The minimum atomic E-state index is -0.770. The molecule has 0 radical (unpaired) electrons. The maximum Gasteiger partial charge on any atom is 0.335 e. The van der Waals surface area contributed by atoms with E-state index >= 15 is 0 Å². The van der Waals surface area contributed by atoms with Crippen molar-refractivity contribution < 1.29 is 14.4 Å². The molecule has 1 N–H and O–H groups in total. The molecule has 0 bridgehead atoms. The summed E-state index contributed by atoms with van der Waals surface area (Å²) in [5.74, 6) is -1.40. The summed E-state index contributed by atoms with van der Waals surface area (Å²) in [6.07, 6.45) is 4.24. The summed E-state index contributed by atoms with van der Waals surface area (Å²) >= 11 is 12.2. The Kier molecular flexibility index (Phi) is 6.39. The molecule has 5 rings (SSSR count). The van der Waals surface area contributed by atoms with Crippen molar-refractivity contribution in [2.75, 3.05) is 4.90 Å². The number of imide groups is 2. The number of rotatable bonds is 5. The highest BCUT2D eigenvalue weighted by molar-refractivity contribution is 6.42. The van der Waals surface area contributed by atoms with Gasteiger partial charge < -0.3 is 4.57 Å². The molecule has 1 fully saturated rings. The normalized spacial score (nSPS) is 15.1. The number of hydrogen-bond acceptors (Lipinski definition) is 3. The standard InChI is InChI=1S/C28H21Cl2N3O3/c1-2-17-7-10-20(11-8-17)33-27(35)22(26(34)31-28(33)36)14-19-16-32(25-6-4-3-5-21(19)25)15-18-9-12-23(29)24(30)13-18/h3-14,16H,2,15H2,1H3,(H,31,34,36)/b22-14+. The molecule has 1 aliphatic heterocycles. The number of aryl methyl sites for hydroxylation is 1. The number of barbiturate groups is 1. The Hall–Kier alpha value is -3.87. The number of aromatic nitrogens is 1. The molecule has 1 aliphatic rings. The first-order valence-electron chi connectivity index (χ1n) is 11.4. The Balaban J connectivity index is 1.54. The van der Waals surface area contributed by atoms with E-state index in [1.165, 1.54) is 6.08 Å². The molecule has 0 saturated carbocycles. The first-order valence-corrected chi connectivity index (χ1v) is 12.1. The molecule has 1 aromatic heterocycles. The number of amides is 4. The van der Waals surface area contributed by atoms with Gasteiger partial charge >= 0.3 is 6.03 Å². The number of urea groups is 1. The molecule has 1 saturated heterocycles. The van der Waals surface area contributed by atoms with Crippen molar-refractivity contribution >= 4 is 63.7 Å². The van der Waals surface area contributed by atoms with Gasteiger partial charge in [-0.15, -0.1) is 0 Å². The minimum Gasteiger partial charge on any atom is -0.342 e. The molecule has 2 heterocycles. The number of nitrogens with zero attached hydrogens (tertiary/aromatic N) is 2. The summed E-state index contributed by atoms with van der Waals surface area (Å²) in [6.45, 7) is 2.53. The zero-order valence-corrected chi connectivity index (χ0v) is 20.8.